The highest BCUT2D eigenvalue weighted by Gasteiger charge is 2.20. The molecule has 0 saturated heterocycles. The second kappa shape index (κ2) is 5.70. The summed E-state index contributed by atoms with van der Waals surface area (Å²) in [6.07, 6.45) is 5.57. The molecule has 0 bridgehead atoms. The quantitative estimate of drug-likeness (QED) is 0.493. The summed E-state index contributed by atoms with van der Waals surface area (Å²) in [4.78, 5) is 5.17. The van der Waals surface area contributed by atoms with Crippen molar-refractivity contribution in [1.82, 2.24) is 34.6 Å². The second-order valence-electron chi connectivity index (χ2n) is 6.24. The minimum absolute atomic E-state index is 0.0680. The Kier molecular flexibility index (Phi) is 3.32. The summed E-state index contributed by atoms with van der Waals surface area (Å²) in [6, 6.07) is 10.3. The summed E-state index contributed by atoms with van der Waals surface area (Å²) >= 11 is 1.51. The molecule has 1 aromatic carbocycles. The molecule has 0 aliphatic rings. The topological polar surface area (TPSA) is 73.8 Å². The molecule has 0 N–H and O–H groups in total. The standard InChI is InChI=1S/C18H15N7S/c1-11(12-5-6-15-13(8-12)4-3-7-19-15)16-21-22-18-25(16)23-17(26-18)14-9-20-24(2)10-14/h3-11H,1-2H3/t11-/m0/s1. The molecule has 0 spiro atoms. The lowest BCUT2D eigenvalue weighted by molar-refractivity contribution is 0.758. The van der Waals surface area contributed by atoms with E-state index in [-0.39, 0.29) is 5.92 Å². The van der Waals surface area contributed by atoms with Crippen molar-refractivity contribution in [3.8, 4) is 10.6 Å². The van der Waals surface area contributed by atoms with E-state index in [4.69, 9.17) is 5.10 Å². The first kappa shape index (κ1) is 15.2. The number of aryl methyl sites for hydroxylation is 1. The molecule has 1 atom stereocenters. The van der Waals surface area contributed by atoms with Gasteiger partial charge in [0.15, 0.2) is 10.8 Å². The van der Waals surface area contributed by atoms with Crippen LogP contribution in [0.1, 0.15) is 24.2 Å². The van der Waals surface area contributed by atoms with Gasteiger partial charge in [0.05, 0.1) is 17.3 Å². The number of hydrogen-bond donors (Lipinski definition) is 0. The Morgan fingerprint density at radius 2 is 2.08 bits per heavy atom. The molecule has 0 aliphatic heterocycles. The van der Waals surface area contributed by atoms with Crippen molar-refractivity contribution in [2.45, 2.75) is 12.8 Å². The van der Waals surface area contributed by atoms with Gasteiger partial charge in [-0.15, -0.1) is 10.2 Å². The first-order valence-electron chi connectivity index (χ1n) is 8.25. The first-order chi connectivity index (χ1) is 12.7. The van der Waals surface area contributed by atoms with Crippen LogP contribution in [-0.2, 0) is 7.05 Å². The monoisotopic (exact) mass is 361 g/mol. The van der Waals surface area contributed by atoms with E-state index < -0.39 is 0 Å². The molecule has 5 aromatic rings. The fraction of sp³-hybridized carbons (Fsp3) is 0.167. The van der Waals surface area contributed by atoms with Crippen molar-refractivity contribution in [2.75, 3.05) is 0 Å². The van der Waals surface area contributed by atoms with Gasteiger partial charge in [0.1, 0.15) is 0 Å². The van der Waals surface area contributed by atoms with Gasteiger partial charge in [-0.3, -0.25) is 9.67 Å². The molecule has 4 heterocycles. The Balaban J connectivity index is 1.57. The van der Waals surface area contributed by atoms with Crippen molar-refractivity contribution >= 4 is 27.2 Å². The molecule has 5 rings (SSSR count). The van der Waals surface area contributed by atoms with Crippen molar-refractivity contribution in [2.24, 2.45) is 7.05 Å². The van der Waals surface area contributed by atoms with Crippen molar-refractivity contribution in [3.63, 3.8) is 0 Å². The fourth-order valence-corrected chi connectivity index (χ4v) is 3.88. The summed E-state index contributed by atoms with van der Waals surface area (Å²) in [7, 11) is 1.89. The van der Waals surface area contributed by atoms with Crippen LogP contribution < -0.4 is 0 Å². The molecule has 0 fully saturated rings. The molecular formula is C18H15N7S. The van der Waals surface area contributed by atoms with Gasteiger partial charge in [0, 0.05) is 30.7 Å². The maximum absolute atomic E-state index is 4.71. The van der Waals surface area contributed by atoms with Crippen molar-refractivity contribution in [1.29, 1.82) is 0 Å². The SMILES string of the molecule is C[C@@H](c1ccc2ncccc2c1)c1nnc2sc(-c3cnn(C)c3)nn12. The van der Waals surface area contributed by atoms with Crippen LogP contribution in [-0.4, -0.2) is 34.6 Å². The summed E-state index contributed by atoms with van der Waals surface area (Å²) in [5.41, 5.74) is 3.14. The van der Waals surface area contributed by atoms with Gasteiger partial charge < -0.3 is 0 Å². The lowest BCUT2D eigenvalue weighted by Gasteiger charge is -2.10. The molecule has 0 amide bonds. The molecule has 0 radical (unpaired) electrons. The number of hydrogen-bond acceptors (Lipinski definition) is 6. The highest BCUT2D eigenvalue weighted by Crippen LogP contribution is 2.29. The van der Waals surface area contributed by atoms with E-state index in [0.29, 0.717) is 0 Å². The van der Waals surface area contributed by atoms with Gasteiger partial charge in [-0.1, -0.05) is 30.4 Å². The molecule has 0 unspecified atom stereocenters. The smallest absolute Gasteiger partial charge is 0.235 e. The highest BCUT2D eigenvalue weighted by atomic mass is 32.1. The Labute approximate surface area is 153 Å². The van der Waals surface area contributed by atoms with Gasteiger partial charge in [0.25, 0.3) is 0 Å². The van der Waals surface area contributed by atoms with Crippen molar-refractivity contribution in [3.05, 3.63) is 60.3 Å². The fourth-order valence-electron chi connectivity index (χ4n) is 3.06. The number of nitrogens with zero attached hydrogens (tertiary/aromatic N) is 7. The minimum atomic E-state index is 0.0680. The number of rotatable bonds is 3. The Hall–Kier alpha value is -3.13. The predicted molar refractivity (Wildman–Crippen MR) is 100 cm³/mol. The third kappa shape index (κ3) is 2.38. The van der Waals surface area contributed by atoms with E-state index in [9.17, 15) is 0 Å². The maximum Gasteiger partial charge on any atom is 0.235 e. The van der Waals surface area contributed by atoms with Gasteiger partial charge in [-0.05, 0) is 23.8 Å². The van der Waals surface area contributed by atoms with E-state index in [1.54, 1.807) is 4.68 Å². The Morgan fingerprint density at radius 3 is 2.92 bits per heavy atom. The summed E-state index contributed by atoms with van der Waals surface area (Å²) in [5.74, 6) is 0.896. The van der Waals surface area contributed by atoms with Crippen LogP contribution in [0.3, 0.4) is 0 Å². The zero-order valence-electron chi connectivity index (χ0n) is 14.2. The third-order valence-corrected chi connectivity index (χ3v) is 5.43. The average molecular weight is 361 g/mol. The Bertz CT molecular complexity index is 1230. The highest BCUT2D eigenvalue weighted by molar-refractivity contribution is 7.19. The number of fused-ring (bicyclic) bond motifs is 2. The van der Waals surface area contributed by atoms with Gasteiger partial charge >= 0.3 is 0 Å². The molecule has 0 saturated carbocycles. The van der Waals surface area contributed by atoms with Crippen LogP contribution in [0.15, 0.2) is 48.9 Å². The molecule has 0 aliphatic carbocycles. The summed E-state index contributed by atoms with van der Waals surface area (Å²) in [5, 5.41) is 19.6. The second-order valence-corrected chi connectivity index (χ2v) is 7.20. The van der Waals surface area contributed by atoms with E-state index >= 15 is 0 Å². The van der Waals surface area contributed by atoms with E-state index in [2.05, 4.69) is 45.4 Å². The first-order valence-corrected chi connectivity index (χ1v) is 9.06. The molecule has 8 heteroatoms. The molecule has 128 valence electrons. The molecule has 26 heavy (non-hydrogen) atoms. The van der Waals surface area contributed by atoms with Crippen LogP contribution in [0.25, 0.3) is 26.4 Å². The largest absolute Gasteiger partial charge is 0.275 e. The summed E-state index contributed by atoms with van der Waals surface area (Å²) in [6.45, 7) is 2.12. The maximum atomic E-state index is 4.71. The average Bonchev–Trinajstić information content (AvgIpc) is 3.36. The zero-order chi connectivity index (χ0) is 17.7. The molecule has 7 nitrogen and oxygen atoms in total. The predicted octanol–water partition coefficient (Wildman–Crippen LogP) is 3.29. The van der Waals surface area contributed by atoms with E-state index in [0.717, 1.165) is 37.8 Å². The van der Waals surface area contributed by atoms with Gasteiger partial charge in [-0.25, -0.2) is 0 Å². The Morgan fingerprint density at radius 1 is 1.15 bits per heavy atom. The van der Waals surface area contributed by atoms with Crippen LogP contribution in [0, 0.1) is 0 Å². The molecular weight excluding hydrogens is 346 g/mol. The third-order valence-electron chi connectivity index (χ3n) is 4.48. The van der Waals surface area contributed by atoms with Crippen LogP contribution in [0.5, 0.6) is 0 Å². The number of benzene rings is 1. The molecule has 4 aromatic heterocycles. The van der Waals surface area contributed by atoms with Crippen LogP contribution >= 0.6 is 11.3 Å². The van der Waals surface area contributed by atoms with Crippen molar-refractivity contribution < 1.29 is 0 Å². The van der Waals surface area contributed by atoms with E-state index in [1.807, 2.05) is 42.3 Å². The van der Waals surface area contributed by atoms with Gasteiger partial charge in [0.2, 0.25) is 4.96 Å². The number of aromatic nitrogens is 7. The van der Waals surface area contributed by atoms with Gasteiger partial charge in [-0.2, -0.15) is 14.7 Å². The zero-order valence-corrected chi connectivity index (χ0v) is 15.1. The normalized spacial score (nSPS) is 12.8. The lowest BCUT2D eigenvalue weighted by atomic mass is 9.99. The minimum Gasteiger partial charge on any atom is -0.275 e. The van der Waals surface area contributed by atoms with Crippen LogP contribution in [0.4, 0.5) is 0 Å². The van der Waals surface area contributed by atoms with Crippen LogP contribution in [0.2, 0.25) is 0 Å². The summed E-state index contributed by atoms with van der Waals surface area (Å²) < 4.78 is 3.61. The lowest BCUT2D eigenvalue weighted by Crippen LogP contribution is -2.03. The number of pyridine rings is 1. The van der Waals surface area contributed by atoms with E-state index in [1.165, 1.54) is 11.3 Å².